The molecular weight excluding hydrogens is 298 g/mol. The lowest BCUT2D eigenvalue weighted by molar-refractivity contribution is -0.384. The molecule has 0 saturated carbocycles. The molecule has 7 heteroatoms. The van der Waals surface area contributed by atoms with E-state index in [0.29, 0.717) is 5.02 Å². The highest BCUT2D eigenvalue weighted by Gasteiger charge is 2.16. The van der Waals surface area contributed by atoms with E-state index in [2.05, 4.69) is 0 Å². The number of carboxylic acid groups (broad SMARTS) is 1. The fourth-order valence-corrected chi connectivity index (χ4v) is 1.79. The Balaban J connectivity index is 2.24. The highest BCUT2D eigenvalue weighted by molar-refractivity contribution is 6.30. The lowest BCUT2D eigenvalue weighted by Crippen LogP contribution is -2.04. The van der Waals surface area contributed by atoms with E-state index in [4.69, 9.17) is 21.4 Å². The standard InChI is InChI=1S/C14H10ClNO5/c15-10-3-1-9(2-4-10)8-21-13-7-11(16(19)20)5-6-12(13)14(17)18/h1-7H,8H2,(H,17,18). The largest absolute Gasteiger partial charge is 0.488 e. The minimum atomic E-state index is -1.21. The van der Waals surface area contributed by atoms with Gasteiger partial charge in [-0.25, -0.2) is 4.79 Å². The van der Waals surface area contributed by atoms with Crippen molar-refractivity contribution < 1.29 is 19.6 Å². The van der Waals surface area contributed by atoms with Crippen LogP contribution >= 0.6 is 11.6 Å². The summed E-state index contributed by atoms with van der Waals surface area (Å²) in [6, 6.07) is 10.2. The molecule has 6 nitrogen and oxygen atoms in total. The summed E-state index contributed by atoms with van der Waals surface area (Å²) in [4.78, 5) is 21.2. The number of non-ortho nitro benzene ring substituents is 1. The van der Waals surface area contributed by atoms with Crippen LogP contribution in [-0.4, -0.2) is 16.0 Å². The van der Waals surface area contributed by atoms with Crippen LogP contribution < -0.4 is 4.74 Å². The maximum Gasteiger partial charge on any atom is 0.339 e. The number of nitrogens with zero attached hydrogens (tertiary/aromatic N) is 1. The Labute approximate surface area is 124 Å². The number of hydrogen-bond acceptors (Lipinski definition) is 4. The second-order valence-corrected chi connectivity index (χ2v) is 4.59. The van der Waals surface area contributed by atoms with Crippen LogP contribution in [0.25, 0.3) is 0 Å². The number of aromatic carboxylic acids is 1. The molecule has 21 heavy (non-hydrogen) atoms. The molecule has 0 bridgehead atoms. The number of benzene rings is 2. The zero-order valence-electron chi connectivity index (χ0n) is 10.7. The van der Waals surface area contributed by atoms with Crippen LogP contribution in [0.4, 0.5) is 5.69 Å². The van der Waals surface area contributed by atoms with E-state index in [1.54, 1.807) is 24.3 Å². The van der Waals surface area contributed by atoms with Crippen molar-refractivity contribution >= 4 is 23.3 Å². The van der Waals surface area contributed by atoms with E-state index in [9.17, 15) is 14.9 Å². The molecular formula is C14H10ClNO5. The van der Waals surface area contributed by atoms with Gasteiger partial charge in [0.1, 0.15) is 17.9 Å². The Bertz CT molecular complexity index is 684. The zero-order chi connectivity index (χ0) is 15.4. The van der Waals surface area contributed by atoms with E-state index in [0.717, 1.165) is 23.8 Å². The molecule has 0 radical (unpaired) electrons. The molecule has 0 aliphatic carbocycles. The maximum absolute atomic E-state index is 11.1. The minimum absolute atomic E-state index is 0.0494. The molecule has 0 aliphatic heterocycles. The molecule has 1 N–H and O–H groups in total. The molecule has 0 heterocycles. The summed E-state index contributed by atoms with van der Waals surface area (Å²) in [5.41, 5.74) is 0.405. The lowest BCUT2D eigenvalue weighted by Gasteiger charge is -2.09. The lowest BCUT2D eigenvalue weighted by atomic mass is 10.2. The van der Waals surface area contributed by atoms with Crippen LogP contribution in [-0.2, 0) is 6.61 Å². The van der Waals surface area contributed by atoms with Crippen molar-refractivity contribution in [3.63, 3.8) is 0 Å². The van der Waals surface area contributed by atoms with Gasteiger partial charge in [0.2, 0.25) is 0 Å². The minimum Gasteiger partial charge on any atom is -0.488 e. The van der Waals surface area contributed by atoms with Crippen molar-refractivity contribution in [3.8, 4) is 5.75 Å². The van der Waals surface area contributed by atoms with Crippen molar-refractivity contribution in [3.05, 3.63) is 68.7 Å². The average Bonchev–Trinajstić information content (AvgIpc) is 2.46. The summed E-state index contributed by atoms with van der Waals surface area (Å²) in [6.07, 6.45) is 0. The maximum atomic E-state index is 11.1. The quantitative estimate of drug-likeness (QED) is 0.674. The topological polar surface area (TPSA) is 89.7 Å². The van der Waals surface area contributed by atoms with Gasteiger partial charge in [-0.3, -0.25) is 10.1 Å². The first-order valence-electron chi connectivity index (χ1n) is 5.86. The van der Waals surface area contributed by atoms with Crippen LogP contribution in [0, 0.1) is 10.1 Å². The summed E-state index contributed by atoms with van der Waals surface area (Å²) in [6.45, 7) is 0.0820. The van der Waals surface area contributed by atoms with Crippen LogP contribution in [0.5, 0.6) is 5.75 Å². The van der Waals surface area contributed by atoms with Gasteiger partial charge in [0, 0.05) is 11.1 Å². The van der Waals surface area contributed by atoms with Crippen molar-refractivity contribution in [2.75, 3.05) is 0 Å². The summed E-state index contributed by atoms with van der Waals surface area (Å²) >= 11 is 5.76. The molecule has 0 unspecified atom stereocenters. The predicted molar refractivity (Wildman–Crippen MR) is 75.8 cm³/mol. The molecule has 0 spiro atoms. The summed E-state index contributed by atoms with van der Waals surface area (Å²) in [7, 11) is 0. The van der Waals surface area contributed by atoms with Gasteiger partial charge in [-0.2, -0.15) is 0 Å². The Morgan fingerprint density at radius 3 is 2.48 bits per heavy atom. The normalized spacial score (nSPS) is 10.1. The first kappa shape index (κ1) is 14.8. The number of nitro benzene ring substituents is 1. The highest BCUT2D eigenvalue weighted by atomic mass is 35.5. The molecule has 108 valence electrons. The van der Waals surface area contributed by atoms with Gasteiger partial charge in [0.25, 0.3) is 5.69 Å². The number of hydrogen-bond donors (Lipinski definition) is 1. The zero-order valence-corrected chi connectivity index (χ0v) is 11.4. The SMILES string of the molecule is O=C(O)c1ccc([N+](=O)[O-])cc1OCc1ccc(Cl)cc1. The number of carbonyl (C=O) groups is 1. The van der Waals surface area contributed by atoms with Crippen LogP contribution in [0.3, 0.4) is 0 Å². The molecule has 0 saturated heterocycles. The van der Waals surface area contributed by atoms with E-state index in [1.807, 2.05) is 0 Å². The molecule has 0 atom stereocenters. The smallest absolute Gasteiger partial charge is 0.339 e. The third-order valence-electron chi connectivity index (χ3n) is 2.71. The number of ether oxygens (including phenoxy) is 1. The van der Waals surface area contributed by atoms with Crippen LogP contribution in [0.2, 0.25) is 5.02 Å². The third kappa shape index (κ3) is 3.70. The van der Waals surface area contributed by atoms with Gasteiger partial charge in [0.05, 0.1) is 11.0 Å². The number of carboxylic acids is 1. The van der Waals surface area contributed by atoms with Crippen molar-refractivity contribution in [2.24, 2.45) is 0 Å². The van der Waals surface area contributed by atoms with Gasteiger partial charge in [0.15, 0.2) is 0 Å². The molecule has 2 aromatic rings. The fraction of sp³-hybridized carbons (Fsp3) is 0.0714. The molecule has 0 aliphatic rings. The first-order valence-corrected chi connectivity index (χ1v) is 6.24. The second kappa shape index (κ2) is 6.23. The van der Waals surface area contributed by atoms with Crippen molar-refractivity contribution in [1.82, 2.24) is 0 Å². The van der Waals surface area contributed by atoms with E-state index >= 15 is 0 Å². The summed E-state index contributed by atoms with van der Waals surface area (Å²) in [5, 5.41) is 20.4. The van der Waals surface area contributed by atoms with Gasteiger partial charge < -0.3 is 9.84 Å². The van der Waals surface area contributed by atoms with Crippen molar-refractivity contribution in [2.45, 2.75) is 6.61 Å². The van der Waals surface area contributed by atoms with E-state index in [-0.39, 0.29) is 23.6 Å². The third-order valence-corrected chi connectivity index (χ3v) is 2.97. The Hall–Kier alpha value is -2.60. The summed E-state index contributed by atoms with van der Waals surface area (Å²) in [5.74, 6) is -1.26. The predicted octanol–water partition coefficient (Wildman–Crippen LogP) is 3.53. The molecule has 0 aromatic heterocycles. The van der Waals surface area contributed by atoms with Crippen LogP contribution in [0.15, 0.2) is 42.5 Å². The number of rotatable bonds is 5. The summed E-state index contributed by atoms with van der Waals surface area (Å²) < 4.78 is 5.39. The average molecular weight is 308 g/mol. The van der Waals surface area contributed by atoms with Gasteiger partial charge in [-0.1, -0.05) is 23.7 Å². The molecule has 0 amide bonds. The van der Waals surface area contributed by atoms with Gasteiger partial charge in [-0.05, 0) is 23.8 Å². The molecule has 0 fully saturated rings. The van der Waals surface area contributed by atoms with Crippen LogP contribution in [0.1, 0.15) is 15.9 Å². The van der Waals surface area contributed by atoms with E-state index < -0.39 is 10.9 Å². The Morgan fingerprint density at radius 2 is 1.90 bits per heavy atom. The fourth-order valence-electron chi connectivity index (χ4n) is 1.66. The van der Waals surface area contributed by atoms with Gasteiger partial charge in [-0.15, -0.1) is 0 Å². The number of halogens is 1. The molecule has 2 aromatic carbocycles. The first-order chi connectivity index (χ1) is 9.97. The van der Waals surface area contributed by atoms with E-state index in [1.165, 1.54) is 0 Å². The molecule has 2 rings (SSSR count). The Morgan fingerprint density at radius 1 is 1.24 bits per heavy atom. The highest BCUT2D eigenvalue weighted by Crippen LogP contribution is 2.26. The number of nitro groups is 1. The monoisotopic (exact) mass is 307 g/mol. The van der Waals surface area contributed by atoms with Gasteiger partial charge >= 0.3 is 5.97 Å². The van der Waals surface area contributed by atoms with Crippen molar-refractivity contribution in [1.29, 1.82) is 0 Å². The second-order valence-electron chi connectivity index (χ2n) is 4.16. The Kier molecular flexibility index (Phi) is 4.39.